The highest BCUT2D eigenvalue weighted by Gasteiger charge is 2.16. The van der Waals surface area contributed by atoms with Gasteiger partial charge in [0.15, 0.2) is 0 Å². The maximum absolute atomic E-state index is 13.0. The molecule has 168 valence electrons. The number of carbonyl (C=O) groups is 3. The van der Waals surface area contributed by atoms with Gasteiger partial charge in [-0.25, -0.2) is 0 Å². The zero-order chi connectivity index (χ0) is 23.6. The molecule has 3 amide bonds. The van der Waals surface area contributed by atoms with E-state index in [1.54, 1.807) is 30.3 Å². The van der Waals surface area contributed by atoms with Gasteiger partial charge in [-0.15, -0.1) is 0 Å². The minimum Gasteiger partial charge on any atom is -0.352 e. The van der Waals surface area contributed by atoms with Gasteiger partial charge in [0, 0.05) is 13.5 Å². The number of anilines is 1. The van der Waals surface area contributed by atoms with Crippen LogP contribution in [0.2, 0.25) is 0 Å². The molecule has 0 aliphatic carbocycles. The predicted octanol–water partition coefficient (Wildman–Crippen LogP) is 4.08. The molecule has 0 saturated heterocycles. The van der Waals surface area contributed by atoms with E-state index in [0.717, 1.165) is 16.7 Å². The highest BCUT2D eigenvalue weighted by atomic mass is 16.2. The van der Waals surface area contributed by atoms with E-state index >= 15 is 0 Å². The van der Waals surface area contributed by atoms with Crippen LogP contribution < -0.4 is 16.0 Å². The molecule has 0 aliphatic heterocycles. The number of amides is 3. The Morgan fingerprint density at radius 1 is 0.848 bits per heavy atom. The third kappa shape index (κ3) is 6.90. The van der Waals surface area contributed by atoms with Gasteiger partial charge < -0.3 is 16.0 Å². The number of nitrogens with one attached hydrogen (secondary N) is 3. The van der Waals surface area contributed by atoms with Crippen molar-refractivity contribution in [2.24, 2.45) is 0 Å². The Morgan fingerprint density at radius 3 is 2.24 bits per heavy atom. The normalized spacial score (nSPS) is 10.9. The topological polar surface area (TPSA) is 87.3 Å². The highest BCUT2D eigenvalue weighted by molar-refractivity contribution is 6.11. The second-order valence-electron chi connectivity index (χ2n) is 7.59. The summed E-state index contributed by atoms with van der Waals surface area (Å²) >= 11 is 0. The van der Waals surface area contributed by atoms with E-state index in [1.165, 1.54) is 6.92 Å². The van der Waals surface area contributed by atoms with Crippen LogP contribution in [0.15, 0.2) is 84.6 Å². The van der Waals surface area contributed by atoms with E-state index in [2.05, 4.69) is 16.0 Å². The molecule has 0 spiro atoms. The smallest absolute Gasteiger partial charge is 0.272 e. The number of hydrogen-bond acceptors (Lipinski definition) is 3. The molecule has 3 aromatic rings. The first-order chi connectivity index (χ1) is 15.9. The summed E-state index contributed by atoms with van der Waals surface area (Å²) in [5.74, 6) is -1.17. The summed E-state index contributed by atoms with van der Waals surface area (Å²) in [6.45, 7) is 3.73. The van der Waals surface area contributed by atoms with Gasteiger partial charge in [-0.1, -0.05) is 66.7 Å². The molecule has 0 unspecified atom stereocenters. The van der Waals surface area contributed by atoms with Gasteiger partial charge in [0.05, 0.1) is 11.3 Å². The maximum Gasteiger partial charge on any atom is 0.272 e. The molecule has 0 fully saturated rings. The first-order valence-electron chi connectivity index (χ1n) is 10.7. The van der Waals surface area contributed by atoms with Crippen LogP contribution in [-0.2, 0) is 16.0 Å². The molecule has 3 rings (SSSR count). The Balaban J connectivity index is 1.75. The molecular weight excluding hydrogens is 414 g/mol. The van der Waals surface area contributed by atoms with Crippen LogP contribution in [0.4, 0.5) is 5.69 Å². The fourth-order valence-electron chi connectivity index (χ4n) is 3.29. The van der Waals surface area contributed by atoms with Gasteiger partial charge in [0.25, 0.3) is 11.8 Å². The number of carbonyl (C=O) groups excluding carboxylic acids is 3. The first-order valence-corrected chi connectivity index (χ1v) is 10.7. The van der Waals surface area contributed by atoms with Gasteiger partial charge in [-0.3, -0.25) is 14.4 Å². The van der Waals surface area contributed by atoms with Crippen LogP contribution in [0.1, 0.15) is 34.0 Å². The SMILES string of the molecule is CC(=O)N/C(=C\c1ccccc1C)C(=O)Nc1ccccc1C(=O)NCCc1ccccc1. The van der Waals surface area contributed by atoms with E-state index in [0.29, 0.717) is 24.2 Å². The lowest BCUT2D eigenvalue weighted by molar-refractivity contribution is -0.120. The fourth-order valence-corrected chi connectivity index (χ4v) is 3.29. The molecule has 6 heteroatoms. The van der Waals surface area contributed by atoms with Gasteiger partial charge >= 0.3 is 0 Å². The van der Waals surface area contributed by atoms with Gasteiger partial charge in [0.2, 0.25) is 5.91 Å². The predicted molar refractivity (Wildman–Crippen MR) is 131 cm³/mol. The van der Waals surface area contributed by atoms with Gasteiger partial charge in [0.1, 0.15) is 5.70 Å². The molecule has 0 atom stereocenters. The van der Waals surface area contributed by atoms with Crippen molar-refractivity contribution < 1.29 is 14.4 Å². The lowest BCUT2D eigenvalue weighted by atomic mass is 10.1. The van der Waals surface area contributed by atoms with Crippen molar-refractivity contribution in [1.82, 2.24) is 10.6 Å². The largest absolute Gasteiger partial charge is 0.352 e. The van der Waals surface area contributed by atoms with Crippen LogP contribution in [0.5, 0.6) is 0 Å². The second-order valence-corrected chi connectivity index (χ2v) is 7.59. The zero-order valence-corrected chi connectivity index (χ0v) is 18.7. The van der Waals surface area contributed by atoms with Crippen molar-refractivity contribution in [2.75, 3.05) is 11.9 Å². The minimum atomic E-state index is -0.516. The average molecular weight is 442 g/mol. The number of aryl methyl sites for hydroxylation is 1. The quantitative estimate of drug-likeness (QED) is 0.460. The molecule has 3 N–H and O–H groups in total. The van der Waals surface area contributed by atoms with Crippen LogP contribution in [0.25, 0.3) is 6.08 Å². The van der Waals surface area contributed by atoms with Crippen molar-refractivity contribution >= 4 is 29.5 Å². The van der Waals surface area contributed by atoms with E-state index in [-0.39, 0.29) is 17.5 Å². The Morgan fingerprint density at radius 2 is 1.52 bits per heavy atom. The number of hydrogen-bond donors (Lipinski definition) is 3. The average Bonchev–Trinajstić information content (AvgIpc) is 2.80. The summed E-state index contributed by atoms with van der Waals surface area (Å²) < 4.78 is 0. The Kier molecular flexibility index (Phi) is 8.13. The molecule has 3 aromatic carbocycles. The summed E-state index contributed by atoms with van der Waals surface area (Å²) in [6.07, 6.45) is 2.32. The van der Waals surface area contributed by atoms with Crippen LogP contribution in [0, 0.1) is 6.92 Å². The van der Waals surface area contributed by atoms with E-state index in [4.69, 9.17) is 0 Å². The van der Waals surface area contributed by atoms with E-state index in [9.17, 15) is 14.4 Å². The zero-order valence-electron chi connectivity index (χ0n) is 18.7. The van der Waals surface area contributed by atoms with Crippen molar-refractivity contribution in [3.05, 3.63) is 107 Å². The van der Waals surface area contributed by atoms with Crippen LogP contribution >= 0.6 is 0 Å². The summed E-state index contributed by atoms with van der Waals surface area (Å²) in [4.78, 5) is 37.5. The number of rotatable bonds is 8. The molecule has 0 aliphatic rings. The summed E-state index contributed by atoms with van der Waals surface area (Å²) in [5.41, 5.74) is 3.70. The fraction of sp³-hybridized carbons (Fsp3) is 0.148. The Bertz CT molecular complexity index is 1170. The summed E-state index contributed by atoms with van der Waals surface area (Å²) in [7, 11) is 0. The lowest BCUT2D eigenvalue weighted by Crippen LogP contribution is -2.30. The third-order valence-corrected chi connectivity index (χ3v) is 5.01. The highest BCUT2D eigenvalue weighted by Crippen LogP contribution is 2.17. The van der Waals surface area contributed by atoms with Gasteiger partial charge in [-0.05, 0) is 48.2 Å². The Hall–Kier alpha value is -4.19. The van der Waals surface area contributed by atoms with E-state index in [1.807, 2.05) is 61.5 Å². The van der Waals surface area contributed by atoms with Crippen molar-refractivity contribution in [3.8, 4) is 0 Å². The summed E-state index contributed by atoms with van der Waals surface area (Å²) in [6, 6.07) is 24.2. The van der Waals surface area contributed by atoms with Crippen molar-refractivity contribution in [2.45, 2.75) is 20.3 Å². The molecule has 0 bridgehead atoms. The molecule has 33 heavy (non-hydrogen) atoms. The number of para-hydroxylation sites is 1. The molecule has 0 saturated carbocycles. The molecule has 0 aromatic heterocycles. The first kappa shape index (κ1) is 23.5. The Labute approximate surface area is 193 Å². The lowest BCUT2D eigenvalue weighted by Gasteiger charge is -2.14. The van der Waals surface area contributed by atoms with Crippen molar-refractivity contribution in [3.63, 3.8) is 0 Å². The summed E-state index contributed by atoms with van der Waals surface area (Å²) in [5, 5.41) is 8.24. The molecular formula is C27H27N3O3. The van der Waals surface area contributed by atoms with E-state index < -0.39 is 5.91 Å². The molecule has 0 heterocycles. The minimum absolute atomic E-state index is 0.0936. The van der Waals surface area contributed by atoms with Crippen molar-refractivity contribution in [1.29, 1.82) is 0 Å². The molecule has 6 nitrogen and oxygen atoms in total. The van der Waals surface area contributed by atoms with Gasteiger partial charge in [-0.2, -0.15) is 0 Å². The molecule has 0 radical (unpaired) electrons. The van der Waals surface area contributed by atoms with Crippen LogP contribution in [0.3, 0.4) is 0 Å². The number of benzene rings is 3. The maximum atomic E-state index is 13.0. The monoisotopic (exact) mass is 441 g/mol. The standard InChI is InChI=1S/C27H27N3O3/c1-19-10-6-7-13-22(19)18-25(29-20(2)31)27(33)30-24-15-9-8-14-23(24)26(32)28-17-16-21-11-4-3-5-12-21/h3-15,18H,16-17H2,1-2H3,(H,28,32)(H,29,31)(H,30,33)/b25-18-. The second kappa shape index (κ2) is 11.4. The third-order valence-electron chi connectivity index (χ3n) is 5.01. The van der Waals surface area contributed by atoms with Crippen LogP contribution in [-0.4, -0.2) is 24.3 Å².